The molecule has 3 aliphatic heterocycles. The number of aliphatic hydroxyl groups is 1. The van der Waals surface area contributed by atoms with E-state index >= 15 is 0 Å². The van der Waals surface area contributed by atoms with Crippen LogP contribution in [0.15, 0.2) is 18.2 Å². The first-order valence-electron chi connectivity index (χ1n) is 7.57. The fraction of sp³-hybridized carbons (Fsp3) is 0.529. The lowest BCUT2D eigenvalue weighted by molar-refractivity contribution is 0.0787. The van der Waals surface area contributed by atoms with Crippen LogP contribution in [0.5, 0.6) is 0 Å². The van der Waals surface area contributed by atoms with E-state index in [0.29, 0.717) is 5.92 Å². The van der Waals surface area contributed by atoms with E-state index in [1.807, 2.05) is 13.8 Å². The fourth-order valence-electron chi connectivity index (χ4n) is 4.00. The van der Waals surface area contributed by atoms with Gasteiger partial charge in [0.1, 0.15) is 5.82 Å². The van der Waals surface area contributed by atoms with Crippen LogP contribution in [0.3, 0.4) is 0 Å². The monoisotopic (exact) mass is 270 g/mol. The normalized spacial score (nSPS) is 18.9. The maximum Gasteiger partial charge on any atom is 0.112 e. The Morgan fingerprint density at radius 1 is 1.20 bits per heavy atom. The number of nitrogens with zero attached hydrogens (tertiary/aromatic N) is 2. The second kappa shape index (κ2) is 3.79. The number of fused-ring (bicyclic) bond motifs is 3. The quantitative estimate of drug-likeness (QED) is 0.862. The Hall–Kier alpha value is -1.48. The third kappa shape index (κ3) is 1.50. The molecule has 0 aliphatic carbocycles. The lowest BCUT2D eigenvalue weighted by Crippen LogP contribution is -2.39. The van der Waals surface area contributed by atoms with Gasteiger partial charge in [0.15, 0.2) is 0 Å². The molecule has 0 amide bonds. The lowest BCUT2D eigenvalue weighted by Gasteiger charge is -2.41. The van der Waals surface area contributed by atoms with E-state index in [9.17, 15) is 5.11 Å². The molecule has 20 heavy (non-hydrogen) atoms. The number of rotatable bonds is 1. The maximum atomic E-state index is 10.3. The van der Waals surface area contributed by atoms with Crippen LogP contribution >= 0.6 is 0 Å². The van der Waals surface area contributed by atoms with Gasteiger partial charge in [-0.05, 0) is 50.3 Å². The molecule has 4 heterocycles. The van der Waals surface area contributed by atoms with Gasteiger partial charge in [-0.1, -0.05) is 6.07 Å². The number of hydrogen-bond acceptors (Lipinski definition) is 2. The Labute approximate surface area is 119 Å². The molecule has 2 aromatic rings. The molecule has 0 radical (unpaired) electrons. The largest absolute Gasteiger partial charge is 0.386 e. The smallest absolute Gasteiger partial charge is 0.112 e. The molecule has 2 bridgehead atoms. The molecule has 0 spiro atoms. The SMILES string of the molecule is Cn1c2c(c3cc(C(C)(C)O)ccc31)C1CCN2CC1. The van der Waals surface area contributed by atoms with Crippen molar-refractivity contribution in [3.8, 4) is 0 Å². The van der Waals surface area contributed by atoms with E-state index in [-0.39, 0.29) is 0 Å². The van der Waals surface area contributed by atoms with Crippen LogP contribution in [-0.4, -0.2) is 22.8 Å². The van der Waals surface area contributed by atoms with E-state index in [0.717, 1.165) is 5.56 Å². The fourth-order valence-corrected chi connectivity index (χ4v) is 4.00. The maximum absolute atomic E-state index is 10.3. The van der Waals surface area contributed by atoms with Gasteiger partial charge in [0.25, 0.3) is 0 Å². The van der Waals surface area contributed by atoms with Crippen molar-refractivity contribution in [1.29, 1.82) is 0 Å². The van der Waals surface area contributed by atoms with Gasteiger partial charge in [0.2, 0.25) is 0 Å². The summed E-state index contributed by atoms with van der Waals surface area (Å²) in [6.07, 6.45) is 2.55. The molecular weight excluding hydrogens is 248 g/mol. The predicted molar refractivity (Wildman–Crippen MR) is 82.4 cm³/mol. The first-order valence-corrected chi connectivity index (χ1v) is 7.57. The van der Waals surface area contributed by atoms with Gasteiger partial charge in [0, 0.05) is 36.6 Å². The molecule has 3 aliphatic rings. The Balaban J connectivity index is 2.03. The lowest BCUT2D eigenvalue weighted by atomic mass is 9.83. The summed E-state index contributed by atoms with van der Waals surface area (Å²) in [7, 11) is 2.17. The number of aryl methyl sites for hydroxylation is 1. The zero-order valence-electron chi connectivity index (χ0n) is 12.5. The first kappa shape index (κ1) is 12.3. The van der Waals surface area contributed by atoms with Gasteiger partial charge in [-0.3, -0.25) is 0 Å². The minimum absolute atomic E-state index is 0.704. The van der Waals surface area contributed by atoms with Crippen molar-refractivity contribution in [2.45, 2.75) is 38.2 Å². The highest BCUT2D eigenvalue weighted by Crippen LogP contribution is 2.47. The second-order valence-electron chi connectivity index (χ2n) is 6.85. The topological polar surface area (TPSA) is 28.4 Å². The van der Waals surface area contributed by atoms with Crippen LogP contribution in [0.25, 0.3) is 10.9 Å². The molecule has 3 heteroatoms. The molecule has 1 saturated heterocycles. The third-order valence-corrected chi connectivity index (χ3v) is 5.12. The molecule has 1 aromatic carbocycles. The zero-order valence-corrected chi connectivity index (χ0v) is 12.5. The molecule has 3 nitrogen and oxygen atoms in total. The summed E-state index contributed by atoms with van der Waals surface area (Å²) < 4.78 is 2.34. The minimum Gasteiger partial charge on any atom is -0.386 e. The van der Waals surface area contributed by atoms with Crippen LogP contribution in [-0.2, 0) is 12.6 Å². The summed E-state index contributed by atoms with van der Waals surface area (Å²) in [6.45, 7) is 6.11. The van der Waals surface area contributed by atoms with Crippen LogP contribution < -0.4 is 4.90 Å². The number of piperidine rings is 1. The molecule has 1 fully saturated rings. The van der Waals surface area contributed by atoms with Crippen molar-refractivity contribution in [2.75, 3.05) is 18.0 Å². The highest BCUT2D eigenvalue weighted by atomic mass is 16.3. The van der Waals surface area contributed by atoms with Crippen LogP contribution in [0.2, 0.25) is 0 Å². The van der Waals surface area contributed by atoms with Gasteiger partial charge in [-0.25, -0.2) is 0 Å². The van der Waals surface area contributed by atoms with Gasteiger partial charge >= 0.3 is 0 Å². The van der Waals surface area contributed by atoms with E-state index in [4.69, 9.17) is 0 Å². The number of aromatic nitrogens is 1. The van der Waals surface area contributed by atoms with Crippen molar-refractivity contribution < 1.29 is 5.11 Å². The van der Waals surface area contributed by atoms with Crippen LogP contribution in [0, 0.1) is 0 Å². The highest BCUT2D eigenvalue weighted by molar-refractivity contribution is 5.92. The molecule has 5 rings (SSSR count). The average molecular weight is 270 g/mol. The van der Waals surface area contributed by atoms with Gasteiger partial charge in [-0.2, -0.15) is 0 Å². The first-order chi connectivity index (χ1) is 9.47. The van der Waals surface area contributed by atoms with Gasteiger partial charge in [0.05, 0.1) is 5.60 Å². The Morgan fingerprint density at radius 2 is 1.90 bits per heavy atom. The average Bonchev–Trinajstić information content (AvgIpc) is 2.75. The van der Waals surface area contributed by atoms with E-state index in [1.165, 1.54) is 48.2 Å². The predicted octanol–water partition coefficient (Wildman–Crippen LogP) is 3.10. The summed E-state index contributed by atoms with van der Waals surface area (Å²) in [5.41, 5.74) is 3.05. The Morgan fingerprint density at radius 3 is 2.55 bits per heavy atom. The highest BCUT2D eigenvalue weighted by Gasteiger charge is 2.35. The second-order valence-corrected chi connectivity index (χ2v) is 6.85. The number of anilines is 1. The van der Waals surface area contributed by atoms with Crippen molar-refractivity contribution in [3.05, 3.63) is 29.3 Å². The summed E-state index contributed by atoms with van der Waals surface area (Å²) in [4.78, 5) is 2.53. The van der Waals surface area contributed by atoms with Crippen LogP contribution in [0.1, 0.15) is 43.7 Å². The van der Waals surface area contributed by atoms with Crippen molar-refractivity contribution in [3.63, 3.8) is 0 Å². The third-order valence-electron chi connectivity index (χ3n) is 5.12. The van der Waals surface area contributed by atoms with Crippen molar-refractivity contribution in [2.24, 2.45) is 7.05 Å². The summed E-state index contributed by atoms with van der Waals surface area (Å²) in [5.74, 6) is 2.12. The number of benzene rings is 1. The molecule has 0 atom stereocenters. The van der Waals surface area contributed by atoms with E-state index in [2.05, 4.69) is 34.7 Å². The summed E-state index contributed by atoms with van der Waals surface area (Å²) in [6, 6.07) is 6.43. The van der Waals surface area contributed by atoms with E-state index in [1.54, 1.807) is 0 Å². The van der Waals surface area contributed by atoms with Crippen molar-refractivity contribution >= 4 is 16.7 Å². The molecule has 1 aromatic heterocycles. The summed E-state index contributed by atoms with van der Waals surface area (Å²) >= 11 is 0. The molecular formula is C17H22N2O. The summed E-state index contributed by atoms with van der Waals surface area (Å²) in [5, 5.41) is 11.6. The Kier molecular flexibility index (Phi) is 2.33. The number of hydrogen-bond donors (Lipinski definition) is 1. The molecule has 0 unspecified atom stereocenters. The zero-order chi connectivity index (χ0) is 14.1. The molecule has 106 valence electrons. The molecule has 1 N–H and O–H groups in total. The standard InChI is InChI=1S/C17H22N2O/c1-17(2,20)12-4-5-14-13(10-12)15-11-6-8-19(9-7-11)16(15)18(14)3/h4-5,10-11,20H,6-9H2,1-3H3. The van der Waals surface area contributed by atoms with Gasteiger partial charge < -0.3 is 14.6 Å². The molecule has 0 saturated carbocycles. The van der Waals surface area contributed by atoms with Crippen LogP contribution in [0.4, 0.5) is 5.82 Å². The van der Waals surface area contributed by atoms with Crippen molar-refractivity contribution in [1.82, 2.24) is 4.57 Å². The van der Waals surface area contributed by atoms with E-state index < -0.39 is 5.60 Å². The minimum atomic E-state index is -0.773. The Bertz CT molecular complexity index is 685. The van der Waals surface area contributed by atoms with Gasteiger partial charge in [-0.15, -0.1) is 0 Å².